The van der Waals surface area contributed by atoms with E-state index in [1.807, 2.05) is 34.6 Å². The van der Waals surface area contributed by atoms with E-state index in [2.05, 4.69) is 15.5 Å². The summed E-state index contributed by atoms with van der Waals surface area (Å²) in [5, 5.41) is 20.0. The summed E-state index contributed by atoms with van der Waals surface area (Å²) in [7, 11) is 0. The fraction of sp³-hybridized carbons (Fsp3) is 0.714. The summed E-state index contributed by atoms with van der Waals surface area (Å²) in [6.07, 6.45) is 1.23. The molecule has 19 heavy (non-hydrogen) atoms. The molecule has 0 atom stereocenters. The van der Waals surface area contributed by atoms with E-state index in [0.717, 1.165) is 11.4 Å². The number of hydrogen-bond acceptors (Lipinski definition) is 3. The van der Waals surface area contributed by atoms with E-state index in [9.17, 15) is 9.90 Å². The van der Waals surface area contributed by atoms with Crippen molar-refractivity contribution in [1.29, 1.82) is 0 Å². The summed E-state index contributed by atoms with van der Waals surface area (Å²) in [4.78, 5) is 12.2. The smallest absolute Gasteiger partial charge is 0.255 e. The van der Waals surface area contributed by atoms with Crippen LogP contribution in [0, 0.1) is 6.92 Å². The molecule has 1 rings (SSSR count). The number of aromatic nitrogens is 2. The molecule has 0 saturated heterocycles. The molecule has 5 nitrogen and oxygen atoms in total. The fourth-order valence-corrected chi connectivity index (χ4v) is 1.99. The van der Waals surface area contributed by atoms with E-state index >= 15 is 0 Å². The molecule has 0 aromatic carbocycles. The zero-order chi connectivity index (χ0) is 14.6. The Morgan fingerprint density at radius 3 is 2.47 bits per heavy atom. The molecule has 5 heteroatoms. The van der Waals surface area contributed by atoms with Crippen LogP contribution in [-0.2, 0) is 0 Å². The molecule has 0 aliphatic rings. The van der Waals surface area contributed by atoms with Crippen LogP contribution in [0.15, 0.2) is 0 Å². The van der Waals surface area contributed by atoms with Gasteiger partial charge in [0.2, 0.25) is 0 Å². The summed E-state index contributed by atoms with van der Waals surface area (Å²) < 4.78 is 0. The third-order valence-electron chi connectivity index (χ3n) is 3.64. The first-order valence-corrected chi connectivity index (χ1v) is 6.90. The average Bonchev–Trinajstić information content (AvgIpc) is 2.77. The van der Waals surface area contributed by atoms with Gasteiger partial charge >= 0.3 is 0 Å². The van der Waals surface area contributed by atoms with E-state index in [1.54, 1.807) is 0 Å². The second kappa shape index (κ2) is 6.19. The molecule has 0 unspecified atom stereocenters. The molecule has 1 aromatic heterocycles. The van der Waals surface area contributed by atoms with Crippen molar-refractivity contribution in [2.24, 2.45) is 0 Å². The van der Waals surface area contributed by atoms with Crippen molar-refractivity contribution >= 4 is 5.91 Å². The van der Waals surface area contributed by atoms with E-state index in [0.29, 0.717) is 18.4 Å². The zero-order valence-electron chi connectivity index (χ0n) is 12.5. The Hall–Kier alpha value is -1.36. The summed E-state index contributed by atoms with van der Waals surface area (Å²) in [6.45, 7) is 9.93. The number of H-pyrrole nitrogens is 1. The van der Waals surface area contributed by atoms with Gasteiger partial charge in [0.15, 0.2) is 0 Å². The van der Waals surface area contributed by atoms with Crippen molar-refractivity contribution in [1.82, 2.24) is 15.5 Å². The number of hydrogen-bond donors (Lipinski definition) is 3. The van der Waals surface area contributed by atoms with Gasteiger partial charge in [0.1, 0.15) is 0 Å². The van der Waals surface area contributed by atoms with Gasteiger partial charge in [-0.1, -0.05) is 27.7 Å². The first-order chi connectivity index (χ1) is 8.84. The highest BCUT2D eigenvalue weighted by atomic mass is 16.3. The number of aromatic amines is 1. The van der Waals surface area contributed by atoms with Gasteiger partial charge < -0.3 is 10.4 Å². The Kier molecular flexibility index (Phi) is 5.11. The first-order valence-electron chi connectivity index (χ1n) is 6.90. The lowest BCUT2D eigenvalue weighted by atomic mass is 9.97. The quantitative estimate of drug-likeness (QED) is 0.738. The minimum absolute atomic E-state index is 0.171. The number of carbonyl (C=O) groups is 1. The van der Waals surface area contributed by atoms with Gasteiger partial charge in [-0.15, -0.1) is 0 Å². The van der Waals surface area contributed by atoms with Crippen molar-refractivity contribution in [3.8, 4) is 0 Å². The molecule has 0 saturated carbocycles. The van der Waals surface area contributed by atoms with E-state index < -0.39 is 5.60 Å². The van der Waals surface area contributed by atoms with Gasteiger partial charge in [0.05, 0.1) is 16.9 Å². The molecule has 0 bridgehead atoms. The van der Waals surface area contributed by atoms with Crippen LogP contribution in [0.2, 0.25) is 0 Å². The van der Waals surface area contributed by atoms with E-state index in [1.165, 1.54) is 0 Å². The summed E-state index contributed by atoms with van der Waals surface area (Å²) in [6, 6.07) is 0. The fourth-order valence-electron chi connectivity index (χ4n) is 1.99. The third-order valence-corrected chi connectivity index (χ3v) is 3.64. The summed E-state index contributed by atoms with van der Waals surface area (Å²) in [5.41, 5.74) is 1.31. The Balaban J connectivity index is 2.82. The van der Waals surface area contributed by atoms with Crippen LogP contribution in [0.5, 0.6) is 0 Å². The van der Waals surface area contributed by atoms with Gasteiger partial charge in [0.25, 0.3) is 5.91 Å². The number of aryl methyl sites for hydroxylation is 1. The Morgan fingerprint density at radius 2 is 2.00 bits per heavy atom. The summed E-state index contributed by atoms with van der Waals surface area (Å²) >= 11 is 0. The minimum Gasteiger partial charge on any atom is -0.388 e. The largest absolute Gasteiger partial charge is 0.388 e. The second-order valence-electron chi connectivity index (χ2n) is 5.38. The monoisotopic (exact) mass is 267 g/mol. The lowest BCUT2D eigenvalue weighted by molar-refractivity contribution is 0.0313. The highest BCUT2D eigenvalue weighted by Gasteiger charge is 2.25. The number of rotatable bonds is 6. The van der Waals surface area contributed by atoms with Crippen LogP contribution in [0.1, 0.15) is 68.2 Å². The van der Waals surface area contributed by atoms with Gasteiger partial charge in [0, 0.05) is 12.2 Å². The molecule has 108 valence electrons. The molecule has 1 amide bonds. The van der Waals surface area contributed by atoms with Gasteiger partial charge in [-0.2, -0.15) is 5.10 Å². The lowest BCUT2D eigenvalue weighted by Gasteiger charge is -2.25. The second-order valence-corrected chi connectivity index (χ2v) is 5.38. The van der Waals surface area contributed by atoms with Crippen LogP contribution >= 0.6 is 0 Å². The summed E-state index contributed by atoms with van der Waals surface area (Å²) in [5.74, 6) is 0.0113. The normalized spacial score (nSPS) is 11.9. The third kappa shape index (κ3) is 3.56. The van der Waals surface area contributed by atoms with Gasteiger partial charge in [-0.05, 0) is 25.7 Å². The van der Waals surface area contributed by atoms with Gasteiger partial charge in [-0.3, -0.25) is 9.89 Å². The Labute approximate surface area is 114 Å². The predicted molar refractivity (Wildman–Crippen MR) is 75.3 cm³/mol. The predicted octanol–water partition coefficient (Wildman–Crippen LogP) is 2.12. The van der Waals surface area contributed by atoms with Crippen LogP contribution < -0.4 is 5.32 Å². The number of aliphatic hydroxyl groups is 1. The highest BCUT2D eigenvalue weighted by molar-refractivity contribution is 5.96. The van der Waals surface area contributed by atoms with Gasteiger partial charge in [-0.25, -0.2) is 0 Å². The van der Waals surface area contributed by atoms with Crippen molar-refractivity contribution in [3.63, 3.8) is 0 Å². The average molecular weight is 267 g/mol. The molecule has 0 aliphatic carbocycles. The number of carbonyl (C=O) groups excluding carboxylic acids is 1. The first kappa shape index (κ1) is 15.7. The van der Waals surface area contributed by atoms with Crippen molar-refractivity contribution < 1.29 is 9.90 Å². The molecular formula is C14H25N3O2. The van der Waals surface area contributed by atoms with Crippen LogP contribution in [-0.4, -0.2) is 33.4 Å². The molecule has 0 fully saturated rings. The van der Waals surface area contributed by atoms with Crippen LogP contribution in [0.25, 0.3) is 0 Å². The van der Waals surface area contributed by atoms with Crippen LogP contribution in [0.4, 0.5) is 0 Å². The molecule has 0 radical (unpaired) electrons. The van der Waals surface area contributed by atoms with E-state index in [-0.39, 0.29) is 18.4 Å². The lowest BCUT2D eigenvalue weighted by Crippen LogP contribution is -2.42. The number of amides is 1. The topological polar surface area (TPSA) is 78.0 Å². The highest BCUT2D eigenvalue weighted by Crippen LogP contribution is 2.20. The SMILES string of the molecule is CCC(O)(CC)CNC(=O)c1c(C(C)C)n[nH]c1C. The number of nitrogens with one attached hydrogen (secondary N) is 2. The van der Waals surface area contributed by atoms with E-state index in [4.69, 9.17) is 0 Å². The van der Waals surface area contributed by atoms with Crippen molar-refractivity contribution in [3.05, 3.63) is 17.0 Å². The maximum atomic E-state index is 12.2. The Morgan fingerprint density at radius 1 is 1.42 bits per heavy atom. The molecule has 0 aliphatic heterocycles. The van der Waals surface area contributed by atoms with Crippen molar-refractivity contribution in [2.75, 3.05) is 6.54 Å². The number of nitrogens with zero attached hydrogens (tertiary/aromatic N) is 1. The molecule has 3 N–H and O–H groups in total. The minimum atomic E-state index is -0.828. The maximum absolute atomic E-state index is 12.2. The molecule has 0 spiro atoms. The molecule has 1 aromatic rings. The standard InChI is InChI=1S/C14H25N3O2/c1-6-14(19,7-2)8-15-13(18)11-10(5)16-17-12(11)9(3)4/h9,19H,6-8H2,1-5H3,(H,15,18)(H,16,17). The molecule has 1 heterocycles. The zero-order valence-corrected chi connectivity index (χ0v) is 12.5. The van der Waals surface area contributed by atoms with Crippen LogP contribution in [0.3, 0.4) is 0 Å². The maximum Gasteiger partial charge on any atom is 0.255 e. The molecular weight excluding hydrogens is 242 g/mol. The Bertz CT molecular complexity index is 434. The van der Waals surface area contributed by atoms with Crippen molar-refractivity contribution in [2.45, 2.75) is 59.0 Å².